The van der Waals surface area contributed by atoms with E-state index in [9.17, 15) is 0 Å². The van der Waals surface area contributed by atoms with Crippen molar-refractivity contribution in [2.24, 2.45) is 0 Å². The van der Waals surface area contributed by atoms with Crippen LogP contribution in [0.4, 0.5) is 0 Å². The lowest BCUT2D eigenvalue weighted by Gasteiger charge is -2.13. The molecule has 1 aromatic rings. The van der Waals surface area contributed by atoms with Gasteiger partial charge in [0.1, 0.15) is 0 Å². The van der Waals surface area contributed by atoms with E-state index in [2.05, 4.69) is 39.8 Å². The molecule has 3 nitrogen and oxygen atoms in total. The van der Waals surface area contributed by atoms with Gasteiger partial charge in [-0.15, -0.1) is 0 Å². The largest absolute Gasteiger partial charge is 0.379 e. The predicted molar refractivity (Wildman–Crippen MR) is 96.1 cm³/mol. The monoisotopic (exact) mass is 322 g/mol. The number of hydrogen-bond acceptors (Lipinski definition) is 3. The standard InChI is InChI=1S/C20H34O3/c1-5-7-9-21-10-11-22-12-13-23-16-20-15-18(4)17(3)14-19(20)8-6-2/h14-15H,5-13,16H2,1-4H3. The zero-order chi connectivity index (χ0) is 16.9. The molecule has 0 aliphatic heterocycles. The number of ether oxygens (including phenoxy) is 3. The van der Waals surface area contributed by atoms with Crippen molar-refractivity contribution in [2.75, 3.05) is 33.0 Å². The second kappa shape index (κ2) is 12.5. The number of aryl methyl sites for hydroxylation is 3. The second-order valence-corrected chi connectivity index (χ2v) is 6.09. The molecule has 0 unspecified atom stereocenters. The Morgan fingerprint density at radius 3 is 1.87 bits per heavy atom. The highest BCUT2D eigenvalue weighted by atomic mass is 16.5. The zero-order valence-electron chi connectivity index (χ0n) is 15.5. The van der Waals surface area contributed by atoms with Gasteiger partial charge in [-0.25, -0.2) is 0 Å². The quantitative estimate of drug-likeness (QED) is 0.497. The van der Waals surface area contributed by atoms with Crippen molar-refractivity contribution in [3.63, 3.8) is 0 Å². The normalized spacial score (nSPS) is 11.1. The highest BCUT2D eigenvalue weighted by molar-refractivity contribution is 5.37. The van der Waals surface area contributed by atoms with E-state index in [0.717, 1.165) is 25.9 Å². The number of benzene rings is 1. The fourth-order valence-corrected chi connectivity index (χ4v) is 2.44. The molecule has 0 saturated carbocycles. The van der Waals surface area contributed by atoms with Gasteiger partial charge in [0.25, 0.3) is 0 Å². The molecule has 132 valence electrons. The summed E-state index contributed by atoms with van der Waals surface area (Å²) in [6.07, 6.45) is 4.58. The van der Waals surface area contributed by atoms with Crippen molar-refractivity contribution < 1.29 is 14.2 Å². The molecule has 0 amide bonds. The summed E-state index contributed by atoms with van der Waals surface area (Å²) >= 11 is 0. The molecule has 0 fully saturated rings. The Kier molecular flexibility index (Phi) is 11.0. The van der Waals surface area contributed by atoms with Crippen LogP contribution in [0.2, 0.25) is 0 Å². The van der Waals surface area contributed by atoms with Gasteiger partial charge in [-0.1, -0.05) is 38.8 Å². The Bertz CT molecular complexity index is 429. The van der Waals surface area contributed by atoms with Gasteiger partial charge in [-0.3, -0.25) is 0 Å². The molecule has 1 aromatic carbocycles. The first-order chi connectivity index (χ1) is 11.2. The number of rotatable bonds is 13. The summed E-state index contributed by atoms with van der Waals surface area (Å²) in [5.41, 5.74) is 5.44. The van der Waals surface area contributed by atoms with E-state index < -0.39 is 0 Å². The SMILES string of the molecule is CCCCOCCOCCOCc1cc(C)c(C)cc1CCC. The van der Waals surface area contributed by atoms with Crippen LogP contribution in [0.5, 0.6) is 0 Å². The predicted octanol–water partition coefficient (Wildman–Crippen LogP) is 4.61. The molecule has 0 aliphatic rings. The van der Waals surface area contributed by atoms with E-state index in [4.69, 9.17) is 14.2 Å². The minimum Gasteiger partial charge on any atom is -0.379 e. The van der Waals surface area contributed by atoms with Crippen LogP contribution in [0.3, 0.4) is 0 Å². The summed E-state index contributed by atoms with van der Waals surface area (Å²) in [6, 6.07) is 4.57. The zero-order valence-corrected chi connectivity index (χ0v) is 15.5. The maximum absolute atomic E-state index is 5.78. The molecular formula is C20H34O3. The third kappa shape index (κ3) is 8.50. The first-order valence-corrected chi connectivity index (χ1v) is 9.01. The van der Waals surface area contributed by atoms with Gasteiger partial charge < -0.3 is 14.2 Å². The molecule has 0 N–H and O–H groups in total. The molecule has 0 heterocycles. The van der Waals surface area contributed by atoms with Crippen LogP contribution in [0.25, 0.3) is 0 Å². The van der Waals surface area contributed by atoms with Crippen LogP contribution >= 0.6 is 0 Å². The molecular weight excluding hydrogens is 288 g/mol. The lowest BCUT2D eigenvalue weighted by molar-refractivity contribution is 0.0101. The molecule has 0 atom stereocenters. The maximum atomic E-state index is 5.78. The minimum atomic E-state index is 0.630. The summed E-state index contributed by atoms with van der Waals surface area (Å²) in [7, 11) is 0. The van der Waals surface area contributed by atoms with Crippen molar-refractivity contribution in [2.45, 2.75) is 60.0 Å². The molecule has 3 heteroatoms. The van der Waals surface area contributed by atoms with E-state index >= 15 is 0 Å². The molecule has 0 aromatic heterocycles. The molecule has 0 aliphatic carbocycles. The summed E-state index contributed by atoms with van der Waals surface area (Å²) in [4.78, 5) is 0. The van der Waals surface area contributed by atoms with Gasteiger partial charge in [0, 0.05) is 6.61 Å². The maximum Gasteiger partial charge on any atom is 0.0720 e. The highest BCUT2D eigenvalue weighted by Crippen LogP contribution is 2.18. The summed E-state index contributed by atoms with van der Waals surface area (Å²) in [6.45, 7) is 12.8. The molecule has 1 rings (SSSR count). The van der Waals surface area contributed by atoms with Gasteiger partial charge in [-0.2, -0.15) is 0 Å². The summed E-state index contributed by atoms with van der Waals surface area (Å²) in [5.74, 6) is 0. The van der Waals surface area contributed by atoms with E-state index in [0.29, 0.717) is 33.0 Å². The Morgan fingerprint density at radius 1 is 0.696 bits per heavy atom. The third-order valence-corrected chi connectivity index (χ3v) is 3.98. The van der Waals surface area contributed by atoms with Crippen LogP contribution in [0.15, 0.2) is 12.1 Å². The van der Waals surface area contributed by atoms with Crippen molar-refractivity contribution in [3.05, 3.63) is 34.4 Å². The van der Waals surface area contributed by atoms with Crippen LogP contribution in [-0.4, -0.2) is 33.0 Å². The molecule has 0 saturated heterocycles. The van der Waals surface area contributed by atoms with Crippen molar-refractivity contribution in [1.82, 2.24) is 0 Å². The first kappa shape index (κ1) is 20.1. The molecule has 23 heavy (non-hydrogen) atoms. The average Bonchev–Trinajstić information content (AvgIpc) is 2.53. The first-order valence-electron chi connectivity index (χ1n) is 9.01. The van der Waals surface area contributed by atoms with Crippen LogP contribution in [-0.2, 0) is 27.2 Å². The lowest BCUT2D eigenvalue weighted by Crippen LogP contribution is -2.10. The highest BCUT2D eigenvalue weighted by Gasteiger charge is 2.05. The van der Waals surface area contributed by atoms with E-state index in [1.807, 2.05) is 0 Å². The Morgan fingerprint density at radius 2 is 1.26 bits per heavy atom. The van der Waals surface area contributed by atoms with Crippen molar-refractivity contribution in [3.8, 4) is 0 Å². The number of hydrogen-bond donors (Lipinski definition) is 0. The number of unbranched alkanes of at least 4 members (excludes halogenated alkanes) is 1. The Labute approximate surface area is 142 Å². The third-order valence-electron chi connectivity index (χ3n) is 3.98. The topological polar surface area (TPSA) is 27.7 Å². The van der Waals surface area contributed by atoms with Gasteiger partial charge in [0.05, 0.1) is 33.0 Å². The van der Waals surface area contributed by atoms with Crippen LogP contribution in [0, 0.1) is 13.8 Å². The smallest absolute Gasteiger partial charge is 0.0720 e. The van der Waals surface area contributed by atoms with Crippen LogP contribution < -0.4 is 0 Å². The van der Waals surface area contributed by atoms with E-state index in [1.54, 1.807) is 0 Å². The Hall–Kier alpha value is -0.900. The molecule has 0 bridgehead atoms. The second-order valence-electron chi connectivity index (χ2n) is 6.09. The van der Waals surface area contributed by atoms with Gasteiger partial charge in [-0.05, 0) is 48.9 Å². The Balaban J connectivity index is 2.19. The lowest BCUT2D eigenvalue weighted by atomic mass is 9.97. The summed E-state index contributed by atoms with van der Waals surface area (Å²) < 4.78 is 16.8. The average molecular weight is 322 g/mol. The van der Waals surface area contributed by atoms with Crippen molar-refractivity contribution >= 4 is 0 Å². The van der Waals surface area contributed by atoms with E-state index in [-0.39, 0.29) is 0 Å². The van der Waals surface area contributed by atoms with Gasteiger partial charge >= 0.3 is 0 Å². The van der Waals surface area contributed by atoms with Gasteiger partial charge in [0.2, 0.25) is 0 Å². The minimum absolute atomic E-state index is 0.630. The van der Waals surface area contributed by atoms with Gasteiger partial charge in [0.15, 0.2) is 0 Å². The van der Waals surface area contributed by atoms with Crippen LogP contribution in [0.1, 0.15) is 55.4 Å². The fraction of sp³-hybridized carbons (Fsp3) is 0.700. The van der Waals surface area contributed by atoms with E-state index in [1.165, 1.54) is 28.7 Å². The molecule has 0 spiro atoms. The molecule has 0 radical (unpaired) electrons. The fourth-order valence-electron chi connectivity index (χ4n) is 2.44. The summed E-state index contributed by atoms with van der Waals surface area (Å²) in [5, 5.41) is 0. The van der Waals surface area contributed by atoms with Crippen molar-refractivity contribution in [1.29, 1.82) is 0 Å².